The van der Waals surface area contributed by atoms with E-state index in [-0.39, 0.29) is 17.7 Å². The lowest BCUT2D eigenvalue weighted by atomic mass is 10.2. The number of benzene rings is 1. The summed E-state index contributed by atoms with van der Waals surface area (Å²) in [4.78, 5) is 7.55. The van der Waals surface area contributed by atoms with E-state index in [0.29, 0.717) is 17.2 Å². The first kappa shape index (κ1) is 18.3. The predicted octanol–water partition coefficient (Wildman–Crippen LogP) is 3.02. The maximum absolute atomic E-state index is 12.9. The minimum Gasteiger partial charge on any atom is -0.497 e. The van der Waals surface area contributed by atoms with Gasteiger partial charge < -0.3 is 20.5 Å². The molecule has 0 aliphatic heterocycles. The number of nitrogen functional groups attached to an aromatic ring is 1. The van der Waals surface area contributed by atoms with E-state index in [1.54, 1.807) is 18.2 Å². The van der Waals surface area contributed by atoms with Crippen molar-refractivity contribution in [1.29, 1.82) is 0 Å². The lowest BCUT2D eigenvalue weighted by molar-refractivity contribution is -0.141. The van der Waals surface area contributed by atoms with Crippen LogP contribution in [0.4, 0.5) is 30.8 Å². The molecule has 0 amide bonds. The molecule has 27 heavy (non-hydrogen) atoms. The Labute approximate surface area is 151 Å². The van der Waals surface area contributed by atoms with E-state index in [4.69, 9.17) is 15.2 Å². The molecule has 1 aromatic carbocycles. The van der Waals surface area contributed by atoms with Crippen molar-refractivity contribution in [1.82, 2.24) is 19.7 Å². The van der Waals surface area contributed by atoms with Crippen molar-refractivity contribution in [3.8, 4) is 17.3 Å². The monoisotopic (exact) mass is 380 g/mol. The van der Waals surface area contributed by atoms with Crippen LogP contribution in [-0.4, -0.2) is 34.0 Å². The Morgan fingerprint density at radius 2 is 1.85 bits per heavy atom. The van der Waals surface area contributed by atoms with Gasteiger partial charge in [-0.1, -0.05) is 6.07 Å². The van der Waals surface area contributed by atoms with E-state index in [0.717, 1.165) is 10.7 Å². The normalized spacial score (nSPS) is 11.3. The van der Waals surface area contributed by atoms with Crippen LogP contribution in [0.2, 0.25) is 0 Å². The van der Waals surface area contributed by atoms with Crippen molar-refractivity contribution >= 4 is 17.6 Å². The first-order valence-corrected chi connectivity index (χ1v) is 7.58. The fraction of sp³-hybridized carbons (Fsp3) is 0.188. The van der Waals surface area contributed by atoms with E-state index < -0.39 is 11.9 Å². The molecule has 2 aromatic heterocycles. The summed E-state index contributed by atoms with van der Waals surface area (Å²) in [5.74, 6) is 0.859. The van der Waals surface area contributed by atoms with Gasteiger partial charge in [-0.3, -0.25) is 0 Å². The van der Waals surface area contributed by atoms with Crippen LogP contribution in [0, 0.1) is 0 Å². The number of aromatic nitrogens is 4. The molecule has 0 bridgehead atoms. The molecule has 0 unspecified atom stereocenters. The molecule has 0 radical (unpaired) electrons. The number of halogens is 3. The molecule has 0 aliphatic rings. The molecule has 3 N–H and O–H groups in total. The van der Waals surface area contributed by atoms with Crippen molar-refractivity contribution in [3.05, 3.63) is 42.1 Å². The van der Waals surface area contributed by atoms with E-state index in [2.05, 4.69) is 20.4 Å². The number of hydrogen-bond acceptors (Lipinski definition) is 7. The average molecular weight is 380 g/mol. The van der Waals surface area contributed by atoms with Crippen LogP contribution in [0.5, 0.6) is 11.5 Å². The molecule has 11 heteroatoms. The zero-order valence-electron chi connectivity index (χ0n) is 14.3. The van der Waals surface area contributed by atoms with Crippen LogP contribution in [0.25, 0.3) is 5.82 Å². The molecule has 3 rings (SSSR count). The summed E-state index contributed by atoms with van der Waals surface area (Å²) in [5, 5.41) is 6.97. The fourth-order valence-corrected chi connectivity index (χ4v) is 2.28. The summed E-state index contributed by atoms with van der Waals surface area (Å²) in [6, 6.07) is 8.45. The molecule has 0 saturated carbocycles. The quantitative estimate of drug-likeness (QED) is 0.702. The Bertz CT molecular complexity index is 958. The third-order valence-electron chi connectivity index (χ3n) is 3.53. The number of nitrogens with one attached hydrogen (secondary N) is 1. The largest absolute Gasteiger partial charge is 0.497 e. The van der Waals surface area contributed by atoms with Gasteiger partial charge in [-0.25, -0.2) is 4.98 Å². The molecule has 142 valence electrons. The Kier molecular flexibility index (Phi) is 4.75. The fourth-order valence-electron chi connectivity index (χ4n) is 2.28. The highest BCUT2D eigenvalue weighted by Crippen LogP contribution is 2.31. The van der Waals surface area contributed by atoms with Gasteiger partial charge in [0.2, 0.25) is 11.9 Å². The van der Waals surface area contributed by atoms with Gasteiger partial charge >= 0.3 is 6.18 Å². The molecule has 0 saturated heterocycles. The molecule has 3 aromatic rings. The van der Waals surface area contributed by atoms with Gasteiger partial charge in [0, 0.05) is 6.07 Å². The number of pyridine rings is 1. The van der Waals surface area contributed by atoms with Crippen molar-refractivity contribution in [2.24, 2.45) is 0 Å². The highest BCUT2D eigenvalue weighted by Gasteiger charge is 2.32. The number of hydrogen-bond donors (Lipinski definition) is 2. The van der Waals surface area contributed by atoms with Gasteiger partial charge in [-0.05, 0) is 24.3 Å². The van der Waals surface area contributed by atoms with Crippen LogP contribution >= 0.6 is 0 Å². The summed E-state index contributed by atoms with van der Waals surface area (Å²) in [7, 11) is 3.00. The number of anilines is 3. The summed E-state index contributed by atoms with van der Waals surface area (Å²) in [6.07, 6.45) is -4.58. The average Bonchev–Trinajstić information content (AvgIpc) is 3.01. The first-order valence-electron chi connectivity index (χ1n) is 7.58. The second kappa shape index (κ2) is 7.02. The zero-order chi connectivity index (χ0) is 19.6. The highest BCUT2D eigenvalue weighted by molar-refractivity contribution is 5.65. The summed E-state index contributed by atoms with van der Waals surface area (Å²) in [6.45, 7) is 0. The van der Waals surface area contributed by atoms with Gasteiger partial charge in [-0.2, -0.15) is 22.8 Å². The molecule has 0 fully saturated rings. The van der Waals surface area contributed by atoms with Crippen LogP contribution in [0.15, 0.2) is 36.4 Å². The molecule has 2 heterocycles. The van der Waals surface area contributed by atoms with Crippen molar-refractivity contribution in [3.63, 3.8) is 0 Å². The van der Waals surface area contributed by atoms with Crippen LogP contribution in [0.1, 0.15) is 5.69 Å². The minimum absolute atomic E-state index is 0.0539. The molecule has 0 aliphatic carbocycles. The maximum atomic E-state index is 12.9. The van der Waals surface area contributed by atoms with Gasteiger partial charge in [0.15, 0.2) is 5.82 Å². The molecular formula is C16H15F3N6O2. The summed E-state index contributed by atoms with van der Waals surface area (Å²) >= 11 is 0. The lowest BCUT2D eigenvalue weighted by Gasteiger charge is -2.10. The first-order chi connectivity index (χ1) is 12.8. The number of rotatable bonds is 5. The molecule has 0 spiro atoms. The van der Waals surface area contributed by atoms with Crippen molar-refractivity contribution in [2.45, 2.75) is 6.18 Å². The van der Waals surface area contributed by atoms with Gasteiger partial charge in [0.1, 0.15) is 17.2 Å². The second-order valence-electron chi connectivity index (χ2n) is 5.28. The standard InChI is InChI=1S/C16H15F3N6O2/c1-26-9-6-7-11(27-2)10(8-9)21-15-23-14(20)25(24-15)13-5-3-4-12(22-13)16(17,18)19/h3-8H,1-2H3,(H3,20,21,23,24). The summed E-state index contributed by atoms with van der Waals surface area (Å²) in [5.41, 5.74) is 5.22. The van der Waals surface area contributed by atoms with E-state index in [1.807, 2.05) is 0 Å². The highest BCUT2D eigenvalue weighted by atomic mass is 19.4. The third kappa shape index (κ3) is 3.86. The van der Waals surface area contributed by atoms with Gasteiger partial charge in [0.05, 0.1) is 19.9 Å². The third-order valence-corrected chi connectivity index (χ3v) is 3.53. The Morgan fingerprint density at radius 1 is 1.07 bits per heavy atom. The molecular weight excluding hydrogens is 365 g/mol. The van der Waals surface area contributed by atoms with Gasteiger partial charge in [0.25, 0.3) is 0 Å². The minimum atomic E-state index is -4.58. The Morgan fingerprint density at radius 3 is 2.52 bits per heavy atom. The zero-order valence-corrected chi connectivity index (χ0v) is 14.3. The smallest absolute Gasteiger partial charge is 0.433 e. The number of alkyl halides is 3. The summed E-state index contributed by atoms with van der Waals surface area (Å²) < 4.78 is 50.0. The number of nitrogens with two attached hydrogens (primary N) is 1. The number of nitrogens with zero attached hydrogens (tertiary/aromatic N) is 4. The van der Waals surface area contributed by atoms with Crippen LogP contribution in [-0.2, 0) is 6.18 Å². The molecule has 8 nitrogen and oxygen atoms in total. The number of methoxy groups -OCH3 is 2. The number of ether oxygens (including phenoxy) is 2. The van der Waals surface area contributed by atoms with E-state index >= 15 is 0 Å². The lowest BCUT2D eigenvalue weighted by Crippen LogP contribution is -2.11. The van der Waals surface area contributed by atoms with E-state index in [9.17, 15) is 13.2 Å². The SMILES string of the molecule is COc1ccc(OC)c(Nc2nc(N)n(-c3cccc(C(F)(F)F)n3)n2)c1. The van der Waals surface area contributed by atoms with Gasteiger partial charge in [-0.15, -0.1) is 5.10 Å². The second-order valence-corrected chi connectivity index (χ2v) is 5.28. The van der Waals surface area contributed by atoms with Crippen LogP contribution < -0.4 is 20.5 Å². The Balaban J connectivity index is 1.94. The topological polar surface area (TPSA) is 100 Å². The van der Waals surface area contributed by atoms with Crippen molar-refractivity contribution < 1.29 is 22.6 Å². The maximum Gasteiger partial charge on any atom is 0.433 e. The van der Waals surface area contributed by atoms with Crippen LogP contribution in [0.3, 0.4) is 0 Å². The van der Waals surface area contributed by atoms with Crippen molar-refractivity contribution in [2.75, 3.05) is 25.3 Å². The Hall–Kier alpha value is -3.50. The molecule has 0 atom stereocenters. The predicted molar refractivity (Wildman–Crippen MR) is 91.4 cm³/mol. The van der Waals surface area contributed by atoms with E-state index in [1.165, 1.54) is 26.4 Å².